The zero-order valence-electron chi connectivity index (χ0n) is 15.6. The number of carbonyl (C=O) groups excluding carboxylic acids is 2. The van der Waals surface area contributed by atoms with Crippen molar-refractivity contribution in [2.24, 2.45) is 0 Å². The van der Waals surface area contributed by atoms with Crippen molar-refractivity contribution < 1.29 is 24.2 Å². The highest BCUT2D eigenvalue weighted by Crippen LogP contribution is 2.13. The van der Waals surface area contributed by atoms with E-state index in [0.717, 1.165) is 12.0 Å². The second-order valence-electron chi connectivity index (χ2n) is 5.99. The van der Waals surface area contributed by atoms with Gasteiger partial charge < -0.3 is 25.2 Å². The van der Waals surface area contributed by atoms with Crippen LogP contribution in [0, 0.1) is 0 Å². The Hall–Kier alpha value is -2.12. The third-order valence-corrected chi connectivity index (χ3v) is 3.69. The summed E-state index contributed by atoms with van der Waals surface area (Å²) in [6, 6.07) is 7.41. The van der Waals surface area contributed by atoms with Crippen molar-refractivity contribution in [2.45, 2.75) is 38.7 Å². The van der Waals surface area contributed by atoms with Gasteiger partial charge in [-0.3, -0.25) is 9.59 Å². The minimum absolute atomic E-state index is 0.0493. The van der Waals surface area contributed by atoms with Crippen LogP contribution < -0.4 is 15.4 Å². The van der Waals surface area contributed by atoms with Crippen LogP contribution >= 0.6 is 0 Å². The van der Waals surface area contributed by atoms with Crippen molar-refractivity contribution in [3.63, 3.8) is 0 Å². The van der Waals surface area contributed by atoms with Crippen molar-refractivity contribution in [1.29, 1.82) is 0 Å². The van der Waals surface area contributed by atoms with Crippen LogP contribution in [-0.4, -0.2) is 56.4 Å². The smallest absolute Gasteiger partial charge is 0.305 e. The van der Waals surface area contributed by atoms with Gasteiger partial charge in [-0.2, -0.15) is 0 Å². The predicted molar refractivity (Wildman–Crippen MR) is 99.1 cm³/mol. The largest absolute Gasteiger partial charge is 0.491 e. The molecular weight excluding hydrogens is 336 g/mol. The summed E-state index contributed by atoms with van der Waals surface area (Å²) in [6.45, 7) is 3.67. The zero-order chi connectivity index (χ0) is 19.2. The molecule has 0 aliphatic carbocycles. The number of esters is 1. The zero-order valence-corrected chi connectivity index (χ0v) is 15.6. The number of methoxy groups -OCH3 is 1. The molecule has 1 aromatic carbocycles. The summed E-state index contributed by atoms with van der Waals surface area (Å²) in [5.41, 5.74) is 1.02. The second kappa shape index (κ2) is 13.1. The molecule has 0 aliphatic rings. The van der Waals surface area contributed by atoms with E-state index in [1.165, 1.54) is 7.11 Å². The number of aliphatic hydroxyl groups excluding tert-OH is 1. The van der Waals surface area contributed by atoms with Crippen molar-refractivity contribution in [2.75, 3.05) is 33.4 Å². The van der Waals surface area contributed by atoms with Gasteiger partial charge in [-0.1, -0.05) is 19.1 Å². The average Bonchev–Trinajstić information content (AvgIpc) is 2.65. The van der Waals surface area contributed by atoms with Crippen LogP contribution in [-0.2, 0) is 20.7 Å². The molecule has 0 spiro atoms. The van der Waals surface area contributed by atoms with Crippen LogP contribution in [0.4, 0.5) is 0 Å². The number of benzene rings is 1. The minimum Gasteiger partial charge on any atom is -0.491 e. The molecule has 1 unspecified atom stereocenters. The van der Waals surface area contributed by atoms with Crippen LogP contribution in [0.15, 0.2) is 24.3 Å². The molecule has 3 N–H and O–H groups in total. The van der Waals surface area contributed by atoms with Gasteiger partial charge in [0.05, 0.1) is 7.11 Å². The first kappa shape index (κ1) is 21.9. The summed E-state index contributed by atoms with van der Waals surface area (Å²) in [7, 11) is 1.38. The molecule has 0 saturated heterocycles. The standard InChI is InChI=1S/C19H30N2O5/c1-3-4-18(23)21-12-11-20-13-16(22)14-26-17-8-5-15(6-9-17)7-10-19(24)25-2/h5-6,8-9,16,20,22H,3-4,7,10-14H2,1-2H3,(H,21,23). The summed E-state index contributed by atoms with van der Waals surface area (Å²) in [5, 5.41) is 15.8. The van der Waals surface area contributed by atoms with Crippen LogP contribution in [0.5, 0.6) is 5.75 Å². The minimum atomic E-state index is -0.639. The fraction of sp³-hybridized carbons (Fsp3) is 0.579. The molecule has 0 heterocycles. The summed E-state index contributed by atoms with van der Waals surface area (Å²) >= 11 is 0. The van der Waals surface area contributed by atoms with Crippen LogP contribution in [0.3, 0.4) is 0 Å². The highest BCUT2D eigenvalue weighted by Gasteiger charge is 2.06. The van der Waals surface area contributed by atoms with E-state index in [2.05, 4.69) is 15.4 Å². The highest BCUT2D eigenvalue weighted by atomic mass is 16.5. The lowest BCUT2D eigenvalue weighted by atomic mass is 10.1. The lowest BCUT2D eigenvalue weighted by molar-refractivity contribution is -0.140. The monoisotopic (exact) mass is 366 g/mol. The van der Waals surface area contributed by atoms with Crippen LogP contribution in [0.1, 0.15) is 31.7 Å². The number of hydrogen-bond donors (Lipinski definition) is 3. The Morgan fingerprint density at radius 2 is 1.88 bits per heavy atom. The predicted octanol–water partition coefficient (Wildman–Crippen LogP) is 1.04. The molecule has 1 amide bonds. The van der Waals surface area contributed by atoms with E-state index in [-0.39, 0.29) is 18.5 Å². The van der Waals surface area contributed by atoms with Crippen molar-refractivity contribution in [3.8, 4) is 5.75 Å². The van der Waals surface area contributed by atoms with Gasteiger partial charge in [0.1, 0.15) is 18.5 Å². The molecule has 0 saturated carbocycles. The molecule has 0 aromatic heterocycles. The first-order valence-electron chi connectivity index (χ1n) is 8.99. The molecule has 0 aliphatic heterocycles. The Bertz CT molecular complexity index is 533. The van der Waals surface area contributed by atoms with Gasteiger partial charge in [-0.05, 0) is 30.5 Å². The lowest BCUT2D eigenvalue weighted by Gasteiger charge is -2.14. The van der Waals surface area contributed by atoms with E-state index < -0.39 is 6.10 Å². The number of ether oxygens (including phenoxy) is 2. The lowest BCUT2D eigenvalue weighted by Crippen LogP contribution is -2.37. The topological polar surface area (TPSA) is 96.9 Å². The molecule has 1 aromatic rings. The van der Waals surface area contributed by atoms with E-state index in [9.17, 15) is 14.7 Å². The van der Waals surface area contributed by atoms with E-state index in [1.54, 1.807) is 0 Å². The Morgan fingerprint density at radius 3 is 2.54 bits per heavy atom. The second-order valence-corrected chi connectivity index (χ2v) is 5.99. The third kappa shape index (κ3) is 10.0. The van der Waals surface area contributed by atoms with Crippen molar-refractivity contribution >= 4 is 11.9 Å². The number of hydrogen-bond acceptors (Lipinski definition) is 6. The van der Waals surface area contributed by atoms with E-state index in [0.29, 0.717) is 44.6 Å². The van der Waals surface area contributed by atoms with Gasteiger partial charge in [0.25, 0.3) is 0 Å². The average molecular weight is 366 g/mol. The normalized spacial score (nSPS) is 11.7. The van der Waals surface area contributed by atoms with Gasteiger partial charge >= 0.3 is 5.97 Å². The van der Waals surface area contributed by atoms with E-state index in [4.69, 9.17) is 4.74 Å². The molecule has 1 rings (SSSR count). The molecule has 0 radical (unpaired) electrons. The molecule has 0 bridgehead atoms. The SMILES string of the molecule is CCCC(=O)NCCNCC(O)COc1ccc(CCC(=O)OC)cc1. The highest BCUT2D eigenvalue weighted by molar-refractivity contribution is 5.75. The first-order valence-corrected chi connectivity index (χ1v) is 8.99. The Balaban J connectivity index is 2.15. The van der Waals surface area contributed by atoms with E-state index >= 15 is 0 Å². The molecule has 7 nitrogen and oxygen atoms in total. The third-order valence-electron chi connectivity index (χ3n) is 3.69. The van der Waals surface area contributed by atoms with Gasteiger partial charge in [-0.15, -0.1) is 0 Å². The maximum Gasteiger partial charge on any atom is 0.305 e. The molecule has 7 heteroatoms. The van der Waals surface area contributed by atoms with Gasteiger partial charge in [0, 0.05) is 32.5 Å². The number of nitrogens with one attached hydrogen (secondary N) is 2. The maximum atomic E-state index is 11.3. The number of carbonyl (C=O) groups is 2. The molecule has 0 fully saturated rings. The van der Waals surface area contributed by atoms with Crippen LogP contribution in [0.25, 0.3) is 0 Å². The molecule has 26 heavy (non-hydrogen) atoms. The fourth-order valence-corrected chi connectivity index (χ4v) is 2.23. The molecular formula is C19H30N2O5. The summed E-state index contributed by atoms with van der Waals surface area (Å²) in [6.07, 6.45) is 1.70. The number of aliphatic hydroxyl groups is 1. The summed E-state index contributed by atoms with van der Waals surface area (Å²) in [5.74, 6) is 0.483. The van der Waals surface area contributed by atoms with Crippen molar-refractivity contribution in [1.82, 2.24) is 10.6 Å². The molecule has 146 valence electrons. The van der Waals surface area contributed by atoms with Gasteiger partial charge in [-0.25, -0.2) is 0 Å². The Kier molecular flexibility index (Phi) is 11.1. The first-order chi connectivity index (χ1) is 12.5. The number of aryl methyl sites for hydroxylation is 1. The number of amides is 1. The summed E-state index contributed by atoms with van der Waals surface area (Å²) < 4.78 is 10.2. The molecule has 1 atom stereocenters. The van der Waals surface area contributed by atoms with Gasteiger partial charge in [0.2, 0.25) is 5.91 Å². The summed E-state index contributed by atoms with van der Waals surface area (Å²) in [4.78, 5) is 22.4. The fourth-order valence-electron chi connectivity index (χ4n) is 2.23. The Morgan fingerprint density at radius 1 is 1.15 bits per heavy atom. The Labute approximate surface area is 155 Å². The van der Waals surface area contributed by atoms with Crippen LogP contribution in [0.2, 0.25) is 0 Å². The maximum absolute atomic E-state index is 11.3. The number of rotatable bonds is 13. The van der Waals surface area contributed by atoms with Gasteiger partial charge in [0.15, 0.2) is 0 Å². The van der Waals surface area contributed by atoms with E-state index in [1.807, 2.05) is 31.2 Å². The quantitative estimate of drug-likeness (QED) is 0.356. The van der Waals surface area contributed by atoms with Crippen molar-refractivity contribution in [3.05, 3.63) is 29.8 Å².